The molecule has 24 heavy (non-hydrogen) atoms. The van der Waals surface area contributed by atoms with Gasteiger partial charge in [-0.2, -0.15) is 18.3 Å². The number of carbonyl (C=O) groups excluding carboxylic acids is 1. The van der Waals surface area contributed by atoms with Crippen molar-refractivity contribution in [1.82, 2.24) is 20.0 Å². The molecule has 0 aliphatic heterocycles. The maximum atomic E-state index is 12.8. The van der Waals surface area contributed by atoms with Crippen LogP contribution in [0.4, 0.5) is 18.0 Å². The van der Waals surface area contributed by atoms with Crippen LogP contribution in [-0.2, 0) is 13.1 Å². The van der Waals surface area contributed by atoms with E-state index in [1.165, 1.54) is 0 Å². The van der Waals surface area contributed by atoms with Gasteiger partial charge in [-0.05, 0) is 18.6 Å². The van der Waals surface area contributed by atoms with Crippen LogP contribution in [-0.4, -0.2) is 39.5 Å². The minimum atomic E-state index is -4.46. The van der Waals surface area contributed by atoms with Crippen molar-refractivity contribution in [1.29, 1.82) is 0 Å². The van der Waals surface area contributed by atoms with Gasteiger partial charge in [0.25, 0.3) is 0 Å². The Labute approximate surface area is 138 Å². The van der Waals surface area contributed by atoms with Crippen molar-refractivity contribution < 1.29 is 18.0 Å². The summed E-state index contributed by atoms with van der Waals surface area (Å²) in [6, 6.07) is 9.20. The van der Waals surface area contributed by atoms with Crippen LogP contribution in [0.15, 0.2) is 48.8 Å². The third-order valence-electron chi connectivity index (χ3n) is 3.26. The number of nitrogens with one attached hydrogen (secondary N) is 1. The van der Waals surface area contributed by atoms with E-state index in [1.807, 2.05) is 0 Å². The van der Waals surface area contributed by atoms with Gasteiger partial charge in [-0.1, -0.05) is 30.3 Å². The fraction of sp³-hybridized carbons (Fsp3) is 0.375. The number of carbonyl (C=O) groups is 1. The maximum absolute atomic E-state index is 12.8. The molecule has 0 aliphatic carbocycles. The second-order valence-electron chi connectivity index (χ2n) is 5.54. The number of rotatable bonds is 6. The van der Waals surface area contributed by atoms with Gasteiger partial charge in [-0.25, -0.2) is 4.79 Å². The minimum Gasteiger partial charge on any atom is -0.334 e. The zero-order valence-electron chi connectivity index (χ0n) is 13.2. The second-order valence-corrected chi connectivity index (χ2v) is 5.54. The van der Waals surface area contributed by atoms with Gasteiger partial charge >= 0.3 is 12.2 Å². The van der Waals surface area contributed by atoms with Crippen molar-refractivity contribution in [2.75, 3.05) is 6.54 Å². The molecule has 1 aromatic carbocycles. The normalized spacial score (nSPS) is 12.7. The molecule has 2 amide bonds. The van der Waals surface area contributed by atoms with Crippen molar-refractivity contribution in [3.05, 3.63) is 54.4 Å². The summed E-state index contributed by atoms with van der Waals surface area (Å²) in [4.78, 5) is 13.0. The van der Waals surface area contributed by atoms with Crippen LogP contribution in [0.1, 0.15) is 12.5 Å². The van der Waals surface area contributed by atoms with E-state index in [-0.39, 0.29) is 12.6 Å². The number of alkyl halides is 3. The number of aromatic nitrogens is 2. The number of nitrogens with zero attached hydrogens (tertiary/aromatic N) is 3. The van der Waals surface area contributed by atoms with Gasteiger partial charge in [0.05, 0.1) is 6.54 Å². The molecule has 0 saturated heterocycles. The zero-order chi connectivity index (χ0) is 17.6. The van der Waals surface area contributed by atoms with Crippen LogP contribution in [0.5, 0.6) is 0 Å². The molecular formula is C16H19F3N4O. The Morgan fingerprint density at radius 1 is 1.29 bits per heavy atom. The van der Waals surface area contributed by atoms with Crippen LogP contribution >= 0.6 is 0 Å². The molecule has 0 spiro atoms. The molecule has 0 unspecified atom stereocenters. The molecule has 0 radical (unpaired) electrons. The number of halogens is 3. The summed E-state index contributed by atoms with van der Waals surface area (Å²) < 4.78 is 39.9. The number of hydrogen-bond acceptors (Lipinski definition) is 2. The minimum absolute atomic E-state index is 0.110. The van der Waals surface area contributed by atoms with E-state index in [9.17, 15) is 18.0 Å². The van der Waals surface area contributed by atoms with Crippen molar-refractivity contribution in [3.63, 3.8) is 0 Å². The molecule has 0 aliphatic rings. The van der Waals surface area contributed by atoms with Gasteiger partial charge in [0.1, 0.15) is 6.54 Å². The Kier molecular flexibility index (Phi) is 5.83. The summed E-state index contributed by atoms with van der Waals surface area (Å²) >= 11 is 0. The third kappa shape index (κ3) is 5.94. The van der Waals surface area contributed by atoms with Crippen molar-refractivity contribution in [2.24, 2.45) is 0 Å². The summed E-state index contributed by atoms with van der Waals surface area (Å²) in [7, 11) is 0. The fourth-order valence-electron chi connectivity index (χ4n) is 2.26. The monoisotopic (exact) mass is 340 g/mol. The molecule has 2 aromatic rings. The molecule has 0 bridgehead atoms. The molecule has 1 aromatic heterocycles. The molecule has 1 heterocycles. The van der Waals surface area contributed by atoms with Gasteiger partial charge in [-0.15, -0.1) is 0 Å². The Balaban J connectivity index is 2.00. The molecular weight excluding hydrogens is 321 g/mol. The number of amides is 2. The highest BCUT2D eigenvalue weighted by molar-refractivity contribution is 5.74. The Morgan fingerprint density at radius 2 is 2.00 bits per heavy atom. The standard InChI is InChI=1S/C16H19F3N4O/c1-13(10-23-9-5-8-20-23)21-15(24)22(12-16(17,18)19)11-14-6-3-2-4-7-14/h2-9,13H,10-12H2,1H3,(H,21,24)/t13-/m0/s1. The molecule has 1 atom stereocenters. The first-order valence-electron chi connectivity index (χ1n) is 7.47. The lowest BCUT2D eigenvalue weighted by molar-refractivity contribution is -0.141. The summed E-state index contributed by atoms with van der Waals surface area (Å²) in [5.74, 6) is 0. The van der Waals surface area contributed by atoms with Gasteiger partial charge in [0, 0.05) is 25.0 Å². The van der Waals surface area contributed by atoms with Gasteiger partial charge < -0.3 is 10.2 Å². The highest BCUT2D eigenvalue weighted by atomic mass is 19.4. The Bertz CT molecular complexity index is 629. The summed E-state index contributed by atoms with van der Waals surface area (Å²) in [6.07, 6.45) is -1.14. The van der Waals surface area contributed by atoms with Gasteiger partial charge in [0.15, 0.2) is 0 Å². The van der Waals surface area contributed by atoms with Crippen LogP contribution < -0.4 is 5.32 Å². The van der Waals surface area contributed by atoms with E-state index < -0.39 is 18.8 Å². The smallest absolute Gasteiger partial charge is 0.334 e. The lowest BCUT2D eigenvalue weighted by Gasteiger charge is -2.26. The molecule has 8 heteroatoms. The average molecular weight is 340 g/mol. The molecule has 5 nitrogen and oxygen atoms in total. The molecule has 0 fully saturated rings. The van der Waals surface area contributed by atoms with Crippen molar-refractivity contribution >= 4 is 6.03 Å². The summed E-state index contributed by atoms with van der Waals surface area (Å²) in [5, 5.41) is 6.59. The van der Waals surface area contributed by atoms with Crippen LogP contribution in [0.2, 0.25) is 0 Å². The Morgan fingerprint density at radius 3 is 2.58 bits per heavy atom. The van der Waals surface area contributed by atoms with Crippen molar-refractivity contribution in [2.45, 2.75) is 32.2 Å². The molecule has 2 rings (SSSR count). The van der Waals surface area contributed by atoms with E-state index in [4.69, 9.17) is 0 Å². The highest BCUT2D eigenvalue weighted by Gasteiger charge is 2.33. The predicted octanol–water partition coefficient (Wildman–Crippen LogP) is 3.05. The lowest BCUT2D eigenvalue weighted by atomic mass is 10.2. The van der Waals surface area contributed by atoms with Gasteiger partial charge in [0.2, 0.25) is 0 Å². The number of urea groups is 1. The maximum Gasteiger partial charge on any atom is 0.406 e. The van der Waals surface area contributed by atoms with Crippen LogP contribution in [0, 0.1) is 0 Å². The third-order valence-corrected chi connectivity index (χ3v) is 3.26. The average Bonchev–Trinajstić information content (AvgIpc) is 2.99. The first kappa shape index (κ1) is 17.8. The molecule has 0 saturated carbocycles. The first-order chi connectivity index (χ1) is 11.3. The number of benzene rings is 1. The summed E-state index contributed by atoms with van der Waals surface area (Å²) in [5.41, 5.74) is 0.636. The van der Waals surface area contributed by atoms with E-state index >= 15 is 0 Å². The van der Waals surface area contributed by atoms with E-state index in [0.717, 1.165) is 4.90 Å². The van der Waals surface area contributed by atoms with E-state index in [2.05, 4.69) is 10.4 Å². The first-order valence-corrected chi connectivity index (χ1v) is 7.47. The second kappa shape index (κ2) is 7.85. The quantitative estimate of drug-likeness (QED) is 0.879. The molecule has 130 valence electrons. The largest absolute Gasteiger partial charge is 0.406 e. The fourth-order valence-corrected chi connectivity index (χ4v) is 2.26. The number of hydrogen-bond donors (Lipinski definition) is 1. The SMILES string of the molecule is C[C@@H](Cn1cccn1)NC(=O)N(Cc1ccccc1)CC(F)(F)F. The summed E-state index contributed by atoms with van der Waals surface area (Å²) in [6.45, 7) is 0.681. The topological polar surface area (TPSA) is 50.2 Å². The Hall–Kier alpha value is -2.51. The van der Waals surface area contributed by atoms with Gasteiger partial charge in [-0.3, -0.25) is 4.68 Å². The van der Waals surface area contributed by atoms with E-state index in [1.54, 1.807) is 60.4 Å². The van der Waals surface area contributed by atoms with E-state index in [0.29, 0.717) is 12.1 Å². The van der Waals surface area contributed by atoms with Crippen LogP contribution in [0.3, 0.4) is 0 Å². The lowest BCUT2D eigenvalue weighted by Crippen LogP contribution is -2.48. The predicted molar refractivity (Wildman–Crippen MR) is 83.1 cm³/mol. The highest BCUT2D eigenvalue weighted by Crippen LogP contribution is 2.18. The molecule has 1 N–H and O–H groups in total. The van der Waals surface area contributed by atoms with Crippen molar-refractivity contribution in [3.8, 4) is 0 Å². The van der Waals surface area contributed by atoms with Crippen LogP contribution in [0.25, 0.3) is 0 Å². The zero-order valence-corrected chi connectivity index (χ0v) is 13.2.